The molecule has 0 amide bonds. The Morgan fingerprint density at radius 3 is 2.62 bits per heavy atom. The van der Waals surface area contributed by atoms with Crippen LogP contribution in [0.25, 0.3) is 0 Å². The van der Waals surface area contributed by atoms with Gasteiger partial charge >= 0.3 is 0 Å². The Balaban J connectivity index is 1.93. The first-order valence-corrected chi connectivity index (χ1v) is 11.4. The number of sulfonamides is 1. The molecule has 2 aromatic rings. The van der Waals surface area contributed by atoms with Gasteiger partial charge in [-0.2, -0.15) is 9.57 Å². The average Bonchev–Trinajstić information content (AvgIpc) is 3.21. The van der Waals surface area contributed by atoms with Gasteiger partial charge in [0, 0.05) is 6.04 Å². The number of benzene rings is 1. The molecule has 138 valence electrons. The monoisotopic (exact) mass is 394 g/mol. The lowest BCUT2D eigenvalue weighted by molar-refractivity contribution is 0.306. The summed E-state index contributed by atoms with van der Waals surface area (Å²) >= 11 is 0. The molecule has 1 unspecified atom stereocenters. The van der Waals surface area contributed by atoms with Gasteiger partial charge in [-0.1, -0.05) is 18.2 Å². The van der Waals surface area contributed by atoms with Crippen LogP contribution in [0.1, 0.15) is 23.3 Å². The minimum atomic E-state index is -3.86. The van der Waals surface area contributed by atoms with Crippen molar-refractivity contribution in [3.63, 3.8) is 0 Å². The van der Waals surface area contributed by atoms with Crippen LogP contribution in [0.5, 0.6) is 0 Å². The van der Waals surface area contributed by atoms with Crippen LogP contribution in [-0.2, 0) is 32.2 Å². The normalized spacial score (nSPS) is 19.5. The summed E-state index contributed by atoms with van der Waals surface area (Å²) in [4.78, 5) is 0. The second-order valence-electron chi connectivity index (χ2n) is 6.21. The number of hydrogen-bond acceptors (Lipinski definition) is 6. The molecule has 0 spiro atoms. The van der Waals surface area contributed by atoms with E-state index in [9.17, 15) is 22.1 Å². The van der Waals surface area contributed by atoms with Gasteiger partial charge in [0.1, 0.15) is 5.76 Å². The molecule has 9 heteroatoms. The van der Waals surface area contributed by atoms with Gasteiger partial charge in [-0.25, -0.2) is 16.8 Å². The molecule has 1 atom stereocenters. The van der Waals surface area contributed by atoms with Crippen molar-refractivity contribution in [3.05, 3.63) is 59.5 Å². The summed E-state index contributed by atoms with van der Waals surface area (Å²) in [6.45, 7) is -0.0375. The van der Waals surface area contributed by atoms with E-state index in [1.165, 1.54) is 10.6 Å². The number of nitriles is 1. The van der Waals surface area contributed by atoms with E-state index >= 15 is 0 Å². The maximum atomic E-state index is 13.1. The summed E-state index contributed by atoms with van der Waals surface area (Å²) < 4.78 is 56.3. The largest absolute Gasteiger partial charge is 0.468 e. The van der Waals surface area contributed by atoms with E-state index in [0.29, 0.717) is 11.3 Å². The molecule has 1 fully saturated rings. The summed E-state index contributed by atoms with van der Waals surface area (Å²) in [5.74, 6) is -0.163. The topological polar surface area (TPSA) is 108 Å². The molecule has 26 heavy (non-hydrogen) atoms. The van der Waals surface area contributed by atoms with Crippen LogP contribution in [0, 0.1) is 11.3 Å². The maximum Gasteiger partial charge on any atom is 0.219 e. The number of nitrogens with zero attached hydrogens (tertiary/aromatic N) is 2. The summed E-state index contributed by atoms with van der Waals surface area (Å²) in [5.41, 5.74) is 0.674. The van der Waals surface area contributed by atoms with E-state index in [4.69, 9.17) is 4.42 Å². The second kappa shape index (κ2) is 7.23. The molecule has 1 aliphatic rings. The standard InChI is InChI=1S/C17H18N2O5S2/c18-10-14-4-1-2-5-15(14)12-26(22,23)19(11-17-6-3-8-24-17)16-7-9-25(20,21)13-16/h1-6,8,16H,7,9,11-13H2. The van der Waals surface area contributed by atoms with E-state index in [1.807, 2.05) is 6.07 Å². The highest BCUT2D eigenvalue weighted by molar-refractivity contribution is 7.92. The molecule has 1 saturated heterocycles. The molecule has 1 aromatic heterocycles. The first-order valence-electron chi connectivity index (χ1n) is 8.01. The van der Waals surface area contributed by atoms with Gasteiger partial charge in [0.05, 0.1) is 41.7 Å². The van der Waals surface area contributed by atoms with Crippen LogP contribution in [0.3, 0.4) is 0 Å². The SMILES string of the molecule is N#Cc1ccccc1CS(=O)(=O)N(Cc1ccco1)C1CCS(=O)(=O)C1. The van der Waals surface area contributed by atoms with Crippen molar-refractivity contribution in [1.82, 2.24) is 4.31 Å². The molecule has 0 aliphatic carbocycles. The third-order valence-corrected chi connectivity index (χ3v) is 7.91. The van der Waals surface area contributed by atoms with Gasteiger partial charge in [-0.05, 0) is 30.2 Å². The summed E-state index contributed by atoms with van der Waals surface area (Å²) in [6.07, 6.45) is 1.69. The fraction of sp³-hybridized carbons (Fsp3) is 0.353. The Morgan fingerprint density at radius 1 is 1.23 bits per heavy atom. The molecule has 0 N–H and O–H groups in total. The number of furan rings is 1. The summed E-state index contributed by atoms with van der Waals surface area (Å²) in [6, 6.07) is 11.1. The molecule has 2 heterocycles. The van der Waals surface area contributed by atoms with Gasteiger partial charge < -0.3 is 4.42 Å². The minimum Gasteiger partial charge on any atom is -0.468 e. The van der Waals surface area contributed by atoms with Crippen molar-refractivity contribution >= 4 is 19.9 Å². The summed E-state index contributed by atoms with van der Waals surface area (Å²) in [5, 5.41) is 9.19. The third kappa shape index (κ3) is 4.15. The Bertz CT molecular complexity index is 1020. The zero-order valence-corrected chi connectivity index (χ0v) is 15.5. The van der Waals surface area contributed by atoms with Gasteiger partial charge in [0.25, 0.3) is 0 Å². The molecule has 0 bridgehead atoms. The third-order valence-electron chi connectivity index (χ3n) is 4.34. The highest BCUT2D eigenvalue weighted by Crippen LogP contribution is 2.26. The number of rotatable bonds is 6. The predicted molar refractivity (Wildman–Crippen MR) is 95.1 cm³/mol. The van der Waals surface area contributed by atoms with Crippen LogP contribution in [-0.4, -0.2) is 38.7 Å². The quantitative estimate of drug-likeness (QED) is 0.737. The number of sulfone groups is 1. The Labute approximate surface area is 152 Å². The highest BCUT2D eigenvalue weighted by atomic mass is 32.2. The lowest BCUT2D eigenvalue weighted by Crippen LogP contribution is -2.41. The fourth-order valence-electron chi connectivity index (χ4n) is 3.05. The Hall–Kier alpha value is -2.15. The molecular weight excluding hydrogens is 376 g/mol. The second-order valence-corrected chi connectivity index (χ2v) is 10.4. The average molecular weight is 394 g/mol. The first kappa shape index (κ1) is 18.6. The van der Waals surface area contributed by atoms with Crippen molar-refractivity contribution in [2.75, 3.05) is 11.5 Å². The van der Waals surface area contributed by atoms with Crippen molar-refractivity contribution in [3.8, 4) is 6.07 Å². The zero-order chi connectivity index (χ0) is 18.8. The molecular formula is C17H18N2O5S2. The minimum absolute atomic E-state index is 0.0311. The van der Waals surface area contributed by atoms with Gasteiger partial charge in [-0.3, -0.25) is 0 Å². The molecule has 1 aromatic carbocycles. The summed E-state index contributed by atoms with van der Waals surface area (Å²) in [7, 11) is -7.11. The van der Waals surface area contributed by atoms with Crippen molar-refractivity contribution in [1.29, 1.82) is 5.26 Å². The van der Waals surface area contributed by atoms with E-state index in [-0.39, 0.29) is 35.8 Å². The molecule has 1 aliphatic heterocycles. The van der Waals surface area contributed by atoms with Crippen LogP contribution in [0.2, 0.25) is 0 Å². The van der Waals surface area contributed by atoms with Gasteiger partial charge in [0.15, 0.2) is 9.84 Å². The zero-order valence-electron chi connectivity index (χ0n) is 13.9. The van der Waals surface area contributed by atoms with Crippen LogP contribution < -0.4 is 0 Å². The van der Waals surface area contributed by atoms with Crippen LogP contribution in [0.15, 0.2) is 47.1 Å². The maximum absolute atomic E-state index is 13.1. The van der Waals surface area contributed by atoms with Crippen molar-refractivity contribution in [2.45, 2.75) is 24.8 Å². The number of hydrogen-bond donors (Lipinski definition) is 0. The van der Waals surface area contributed by atoms with E-state index in [1.54, 1.807) is 36.4 Å². The molecule has 7 nitrogen and oxygen atoms in total. The van der Waals surface area contributed by atoms with E-state index in [0.717, 1.165) is 0 Å². The Kier molecular flexibility index (Phi) is 5.18. The highest BCUT2D eigenvalue weighted by Gasteiger charge is 2.38. The fourth-order valence-corrected chi connectivity index (χ4v) is 6.64. The molecule has 0 saturated carbocycles. The van der Waals surface area contributed by atoms with Crippen LogP contribution in [0.4, 0.5) is 0 Å². The predicted octanol–water partition coefficient (Wildman–Crippen LogP) is 1.67. The lowest BCUT2D eigenvalue weighted by atomic mass is 10.1. The van der Waals surface area contributed by atoms with Gasteiger partial charge in [-0.15, -0.1) is 0 Å². The van der Waals surface area contributed by atoms with E-state index < -0.39 is 25.9 Å². The van der Waals surface area contributed by atoms with Gasteiger partial charge in [0.2, 0.25) is 10.0 Å². The van der Waals surface area contributed by atoms with Crippen molar-refractivity contribution in [2.24, 2.45) is 0 Å². The van der Waals surface area contributed by atoms with Crippen molar-refractivity contribution < 1.29 is 21.3 Å². The smallest absolute Gasteiger partial charge is 0.219 e. The Morgan fingerprint density at radius 2 is 2.00 bits per heavy atom. The first-order chi connectivity index (χ1) is 12.3. The van der Waals surface area contributed by atoms with E-state index in [2.05, 4.69) is 0 Å². The molecule has 0 radical (unpaired) electrons. The lowest BCUT2D eigenvalue weighted by Gasteiger charge is -2.26. The molecule has 3 rings (SSSR count). The van der Waals surface area contributed by atoms with Crippen LogP contribution >= 0.6 is 0 Å².